The standard InChI is InChI=1S/C19H19NO4/c21-19(15-7-4-8-16-18(15)24-12-11-23-16)20-9-10-22-17(13-20)14-5-2-1-3-6-14/h1-8,17H,9-13H2. The number of morpholine rings is 1. The van der Waals surface area contributed by atoms with Crippen LogP contribution in [0.15, 0.2) is 48.5 Å². The van der Waals surface area contributed by atoms with Crippen LogP contribution >= 0.6 is 0 Å². The summed E-state index contributed by atoms with van der Waals surface area (Å²) in [6.07, 6.45) is -0.0967. The molecule has 0 saturated carbocycles. The SMILES string of the molecule is O=C(c1cccc2c1OCCO2)N1CCOC(c2ccccc2)C1. The Hall–Kier alpha value is -2.53. The van der Waals surface area contributed by atoms with E-state index in [1.165, 1.54) is 0 Å². The predicted octanol–water partition coefficient (Wildman–Crippen LogP) is 2.67. The van der Waals surface area contributed by atoms with Crippen LogP contribution in [0.1, 0.15) is 22.0 Å². The Kier molecular flexibility index (Phi) is 4.09. The Labute approximate surface area is 140 Å². The number of amides is 1. The Bertz CT molecular complexity index is 731. The summed E-state index contributed by atoms with van der Waals surface area (Å²) in [7, 11) is 0. The molecule has 2 aliphatic rings. The second-order valence-electron chi connectivity index (χ2n) is 5.85. The van der Waals surface area contributed by atoms with Gasteiger partial charge in [0.15, 0.2) is 11.5 Å². The van der Waals surface area contributed by atoms with Crippen LogP contribution in [0.3, 0.4) is 0 Å². The molecule has 4 rings (SSSR count). The van der Waals surface area contributed by atoms with Gasteiger partial charge in [-0.15, -0.1) is 0 Å². The Morgan fingerprint density at radius 3 is 2.67 bits per heavy atom. The smallest absolute Gasteiger partial charge is 0.257 e. The number of fused-ring (bicyclic) bond motifs is 1. The van der Waals surface area contributed by atoms with Gasteiger partial charge in [0.1, 0.15) is 19.3 Å². The average Bonchev–Trinajstić information content (AvgIpc) is 2.68. The molecular formula is C19H19NO4. The minimum Gasteiger partial charge on any atom is -0.486 e. The maximum atomic E-state index is 13.0. The maximum Gasteiger partial charge on any atom is 0.257 e. The summed E-state index contributed by atoms with van der Waals surface area (Å²) in [5.41, 5.74) is 1.64. The highest BCUT2D eigenvalue weighted by atomic mass is 16.6. The molecule has 1 atom stereocenters. The van der Waals surface area contributed by atoms with E-state index in [4.69, 9.17) is 14.2 Å². The van der Waals surface area contributed by atoms with Gasteiger partial charge in [-0.3, -0.25) is 4.79 Å². The summed E-state index contributed by atoms with van der Waals surface area (Å²) in [5.74, 6) is 1.15. The van der Waals surface area contributed by atoms with Gasteiger partial charge in [-0.1, -0.05) is 36.4 Å². The van der Waals surface area contributed by atoms with E-state index >= 15 is 0 Å². The van der Waals surface area contributed by atoms with Gasteiger partial charge in [-0.2, -0.15) is 0 Å². The van der Waals surface area contributed by atoms with E-state index in [0.29, 0.717) is 50.0 Å². The molecule has 1 saturated heterocycles. The molecule has 1 amide bonds. The summed E-state index contributed by atoms with van der Waals surface area (Å²) < 4.78 is 17.1. The number of para-hydroxylation sites is 1. The summed E-state index contributed by atoms with van der Waals surface area (Å²) in [5, 5.41) is 0. The minimum absolute atomic E-state index is 0.0402. The van der Waals surface area contributed by atoms with Crippen LogP contribution in [0.5, 0.6) is 11.5 Å². The molecule has 0 aromatic heterocycles. The van der Waals surface area contributed by atoms with Crippen LogP contribution in [0.25, 0.3) is 0 Å². The monoisotopic (exact) mass is 325 g/mol. The summed E-state index contributed by atoms with van der Waals surface area (Å²) in [6, 6.07) is 15.5. The van der Waals surface area contributed by atoms with Crippen LogP contribution in [0.4, 0.5) is 0 Å². The molecule has 1 unspecified atom stereocenters. The molecule has 124 valence electrons. The number of hydrogen-bond donors (Lipinski definition) is 0. The summed E-state index contributed by atoms with van der Waals surface area (Å²) in [6.45, 7) is 2.61. The molecule has 2 aromatic rings. The average molecular weight is 325 g/mol. The first-order valence-electron chi connectivity index (χ1n) is 8.17. The van der Waals surface area contributed by atoms with E-state index in [2.05, 4.69) is 0 Å². The number of hydrogen-bond acceptors (Lipinski definition) is 4. The lowest BCUT2D eigenvalue weighted by molar-refractivity contribution is -0.0230. The van der Waals surface area contributed by atoms with Gasteiger partial charge in [-0.05, 0) is 17.7 Å². The molecule has 0 aliphatic carbocycles. The normalized spacial score (nSPS) is 19.8. The van der Waals surface area contributed by atoms with Gasteiger partial charge in [-0.25, -0.2) is 0 Å². The van der Waals surface area contributed by atoms with Crippen molar-refractivity contribution in [3.8, 4) is 11.5 Å². The van der Waals surface area contributed by atoms with E-state index in [9.17, 15) is 4.79 Å². The summed E-state index contributed by atoms with van der Waals surface area (Å²) >= 11 is 0. The number of carbonyl (C=O) groups is 1. The van der Waals surface area contributed by atoms with Crippen molar-refractivity contribution >= 4 is 5.91 Å². The van der Waals surface area contributed by atoms with Crippen molar-refractivity contribution in [1.29, 1.82) is 0 Å². The molecule has 5 nitrogen and oxygen atoms in total. The molecule has 24 heavy (non-hydrogen) atoms. The molecule has 0 bridgehead atoms. The van der Waals surface area contributed by atoms with Crippen LogP contribution in [-0.4, -0.2) is 43.7 Å². The van der Waals surface area contributed by atoms with Gasteiger partial charge in [0, 0.05) is 6.54 Å². The maximum absolute atomic E-state index is 13.0. The lowest BCUT2D eigenvalue weighted by atomic mass is 10.1. The molecule has 2 aromatic carbocycles. The molecule has 2 heterocycles. The van der Waals surface area contributed by atoms with Gasteiger partial charge in [0.25, 0.3) is 5.91 Å². The fourth-order valence-electron chi connectivity index (χ4n) is 3.12. The van der Waals surface area contributed by atoms with Crippen molar-refractivity contribution in [3.05, 3.63) is 59.7 Å². The molecule has 0 radical (unpaired) electrons. The summed E-state index contributed by atoms with van der Waals surface area (Å²) in [4.78, 5) is 14.8. The second kappa shape index (κ2) is 6.53. The fourth-order valence-corrected chi connectivity index (χ4v) is 3.12. The van der Waals surface area contributed by atoms with Gasteiger partial charge in [0.2, 0.25) is 0 Å². The Morgan fingerprint density at radius 1 is 0.958 bits per heavy atom. The van der Waals surface area contributed by atoms with Gasteiger partial charge in [0.05, 0.1) is 18.7 Å². The van der Waals surface area contributed by atoms with E-state index in [1.807, 2.05) is 47.4 Å². The Morgan fingerprint density at radius 2 is 1.79 bits per heavy atom. The minimum atomic E-state index is -0.0967. The van der Waals surface area contributed by atoms with Crippen LogP contribution in [-0.2, 0) is 4.74 Å². The highest BCUT2D eigenvalue weighted by Gasteiger charge is 2.29. The number of rotatable bonds is 2. The van der Waals surface area contributed by atoms with Gasteiger partial charge >= 0.3 is 0 Å². The number of ether oxygens (including phenoxy) is 3. The fraction of sp³-hybridized carbons (Fsp3) is 0.316. The lowest BCUT2D eigenvalue weighted by Gasteiger charge is -2.34. The lowest BCUT2D eigenvalue weighted by Crippen LogP contribution is -2.42. The third-order valence-corrected chi connectivity index (χ3v) is 4.32. The first kappa shape index (κ1) is 15.0. The van der Waals surface area contributed by atoms with Crippen molar-refractivity contribution in [3.63, 3.8) is 0 Å². The highest BCUT2D eigenvalue weighted by molar-refractivity contribution is 5.98. The van der Waals surface area contributed by atoms with E-state index in [-0.39, 0.29) is 12.0 Å². The Balaban J connectivity index is 1.56. The van der Waals surface area contributed by atoms with Crippen molar-refractivity contribution in [2.45, 2.75) is 6.10 Å². The zero-order valence-corrected chi connectivity index (χ0v) is 13.3. The van der Waals surface area contributed by atoms with Crippen LogP contribution < -0.4 is 9.47 Å². The van der Waals surface area contributed by atoms with E-state index in [1.54, 1.807) is 6.07 Å². The highest BCUT2D eigenvalue weighted by Crippen LogP contribution is 2.35. The molecule has 0 N–H and O–H groups in total. The van der Waals surface area contributed by atoms with Crippen LogP contribution in [0.2, 0.25) is 0 Å². The predicted molar refractivity (Wildman–Crippen MR) is 88.5 cm³/mol. The first-order chi connectivity index (χ1) is 11.8. The molecule has 0 spiro atoms. The molecule has 2 aliphatic heterocycles. The number of benzene rings is 2. The quantitative estimate of drug-likeness (QED) is 0.852. The van der Waals surface area contributed by atoms with E-state index < -0.39 is 0 Å². The zero-order chi connectivity index (χ0) is 16.4. The largest absolute Gasteiger partial charge is 0.486 e. The van der Waals surface area contributed by atoms with Gasteiger partial charge < -0.3 is 19.1 Å². The number of nitrogens with zero attached hydrogens (tertiary/aromatic N) is 1. The van der Waals surface area contributed by atoms with Crippen molar-refractivity contribution in [2.24, 2.45) is 0 Å². The molecule has 5 heteroatoms. The van der Waals surface area contributed by atoms with Crippen LogP contribution in [0, 0.1) is 0 Å². The third kappa shape index (κ3) is 2.83. The second-order valence-corrected chi connectivity index (χ2v) is 5.85. The van der Waals surface area contributed by atoms with E-state index in [0.717, 1.165) is 5.56 Å². The van der Waals surface area contributed by atoms with Crippen molar-refractivity contribution in [1.82, 2.24) is 4.90 Å². The topological polar surface area (TPSA) is 48.0 Å². The number of carbonyl (C=O) groups excluding carboxylic acids is 1. The molecule has 1 fully saturated rings. The molecular weight excluding hydrogens is 306 g/mol. The van der Waals surface area contributed by atoms with Crippen molar-refractivity contribution in [2.75, 3.05) is 32.9 Å². The first-order valence-corrected chi connectivity index (χ1v) is 8.17. The third-order valence-electron chi connectivity index (χ3n) is 4.32. The van der Waals surface area contributed by atoms with Crippen molar-refractivity contribution < 1.29 is 19.0 Å². The zero-order valence-electron chi connectivity index (χ0n) is 13.3.